The number of nitrogens with zero attached hydrogens (tertiary/aromatic N) is 5. The van der Waals surface area contributed by atoms with Gasteiger partial charge in [-0.25, -0.2) is 9.97 Å². The Morgan fingerprint density at radius 3 is 1.35 bits per heavy atom. The van der Waals surface area contributed by atoms with Crippen LogP contribution in [0.3, 0.4) is 0 Å². The van der Waals surface area contributed by atoms with Gasteiger partial charge in [0.1, 0.15) is 22.8 Å². The molecule has 12 aromatic rings. The van der Waals surface area contributed by atoms with E-state index >= 15 is 0 Å². The minimum atomic E-state index is 0.321. The predicted octanol–water partition coefficient (Wildman–Crippen LogP) is 12.0. The average Bonchev–Trinajstić information content (AvgIpc) is 3.98. The van der Waals surface area contributed by atoms with Crippen molar-refractivity contribution >= 4 is 87.5 Å². The molecule has 0 saturated carbocycles. The van der Waals surface area contributed by atoms with Crippen LogP contribution in [-0.2, 0) is 0 Å². The zero-order chi connectivity index (χ0) is 35.5. The molecule has 0 N–H and O–H groups in total. The first-order chi connectivity index (χ1) is 26.8. The molecule has 0 bridgehead atoms. The van der Waals surface area contributed by atoms with Crippen molar-refractivity contribution in [2.24, 2.45) is 0 Å². The van der Waals surface area contributed by atoms with E-state index in [0.29, 0.717) is 23.0 Å². The maximum Gasteiger partial charge on any atom is 0.164 e. The van der Waals surface area contributed by atoms with Crippen molar-refractivity contribution in [1.82, 2.24) is 19.1 Å². The van der Waals surface area contributed by atoms with Crippen LogP contribution in [0.2, 0.25) is 0 Å². The second-order valence-corrected chi connectivity index (χ2v) is 13.6. The van der Waals surface area contributed by atoms with E-state index in [4.69, 9.17) is 18.8 Å². The van der Waals surface area contributed by atoms with E-state index in [-0.39, 0.29) is 0 Å². The molecule has 5 heterocycles. The Balaban J connectivity index is 1.30. The number of aromatic nitrogens is 4. The van der Waals surface area contributed by atoms with Crippen LogP contribution >= 0.6 is 0 Å². The zero-order valence-electron chi connectivity index (χ0n) is 28.5. The summed E-state index contributed by atoms with van der Waals surface area (Å²) < 4.78 is 17.5. The van der Waals surface area contributed by atoms with E-state index in [2.05, 4.69) is 75.9 Å². The highest BCUT2D eigenvalue weighted by Crippen LogP contribution is 2.44. The number of hydrogen-bond acceptors (Lipinski definition) is 5. The molecule has 0 radical (unpaired) electrons. The van der Waals surface area contributed by atoms with Crippen LogP contribution in [0.5, 0.6) is 0 Å². The van der Waals surface area contributed by atoms with Crippen molar-refractivity contribution in [2.75, 3.05) is 0 Å². The maximum atomic E-state index is 11.4. The lowest BCUT2D eigenvalue weighted by Crippen LogP contribution is -2.11. The number of fused-ring (bicyclic) bond motifs is 14. The predicted molar refractivity (Wildman–Crippen MR) is 215 cm³/mol. The largest absolute Gasteiger partial charge is 0.454 e. The first-order valence-corrected chi connectivity index (χ1v) is 17.8. The van der Waals surface area contributed by atoms with Gasteiger partial charge in [-0.3, -0.25) is 9.13 Å². The first kappa shape index (κ1) is 28.9. The van der Waals surface area contributed by atoms with Crippen molar-refractivity contribution in [3.8, 4) is 29.1 Å². The van der Waals surface area contributed by atoms with E-state index in [9.17, 15) is 5.26 Å². The van der Waals surface area contributed by atoms with Crippen molar-refractivity contribution in [3.63, 3.8) is 0 Å². The molecule has 54 heavy (non-hydrogen) atoms. The quantitative estimate of drug-likeness (QED) is 0.184. The number of hydrogen-bond donors (Lipinski definition) is 0. The first-order valence-electron chi connectivity index (χ1n) is 17.8. The van der Waals surface area contributed by atoms with E-state index in [1.165, 1.54) is 0 Å². The average molecular weight is 692 g/mol. The van der Waals surface area contributed by atoms with Crippen LogP contribution in [0, 0.1) is 11.3 Å². The summed E-state index contributed by atoms with van der Waals surface area (Å²) in [4.78, 5) is 10.6. The molecule has 5 aromatic heterocycles. The fraction of sp³-hybridized carbons (Fsp3) is 0. The third kappa shape index (κ3) is 3.78. The zero-order valence-corrected chi connectivity index (χ0v) is 28.5. The Bertz CT molecular complexity index is 3370. The summed E-state index contributed by atoms with van der Waals surface area (Å²) in [7, 11) is 0. The van der Waals surface area contributed by atoms with Crippen molar-refractivity contribution in [3.05, 3.63) is 157 Å². The van der Waals surface area contributed by atoms with Gasteiger partial charge in [0.15, 0.2) is 28.6 Å². The molecule has 0 saturated heterocycles. The smallest absolute Gasteiger partial charge is 0.164 e. The topological polar surface area (TPSA) is 85.7 Å². The molecule has 7 aromatic carbocycles. The summed E-state index contributed by atoms with van der Waals surface area (Å²) in [6, 6.07) is 53.8. The third-order valence-corrected chi connectivity index (χ3v) is 10.8. The van der Waals surface area contributed by atoms with Gasteiger partial charge in [-0.2, -0.15) is 5.26 Å². The van der Waals surface area contributed by atoms with E-state index < -0.39 is 0 Å². The van der Waals surface area contributed by atoms with Gasteiger partial charge in [-0.1, -0.05) is 115 Å². The molecule has 0 fully saturated rings. The Morgan fingerprint density at radius 1 is 0.426 bits per heavy atom. The highest BCUT2D eigenvalue weighted by Gasteiger charge is 2.28. The maximum absolute atomic E-state index is 11.4. The van der Waals surface area contributed by atoms with Crippen molar-refractivity contribution < 1.29 is 8.83 Å². The fourth-order valence-electron chi connectivity index (χ4n) is 8.48. The second-order valence-electron chi connectivity index (χ2n) is 13.6. The summed E-state index contributed by atoms with van der Waals surface area (Å²) in [5.41, 5.74) is 7.70. The van der Waals surface area contributed by atoms with Gasteiger partial charge in [-0.15, -0.1) is 0 Å². The normalized spacial score (nSPS) is 12.1. The van der Waals surface area contributed by atoms with E-state index in [0.717, 1.165) is 93.1 Å². The molecule has 7 nitrogen and oxygen atoms in total. The fourth-order valence-corrected chi connectivity index (χ4v) is 8.48. The Labute approximate surface area is 306 Å². The van der Waals surface area contributed by atoms with Crippen LogP contribution in [0.15, 0.2) is 160 Å². The second kappa shape index (κ2) is 10.7. The van der Waals surface area contributed by atoms with Gasteiger partial charge < -0.3 is 8.83 Å². The summed E-state index contributed by atoms with van der Waals surface area (Å²) in [6.45, 7) is 0. The third-order valence-electron chi connectivity index (χ3n) is 10.8. The number of nitriles is 1. The molecule has 0 spiro atoms. The number of para-hydroxylation sites is 4. The highest BCUT2D eigenvalue weighted by atomic mass is 16.3. The lowest BCUT2D eigenvalue weighted by atomic mass is 10.1. The van der Waals surface area contributed by atoms with Gasteiger partial charge in [0, 0.05) is 48.7 Å². The molecule has 0 aliphatic heterocycles. The van der Waals surface area contributed by atoms with E-state index in [1.807, 2.05) is 91.0 Å². The lowest BCUT2D eigenvalue weighted by Gasteiger charge is -2.16. The van der Waals surface area contributed by atoms with Gasteiger partial charge in [-0.05, 0) is 36.4 Å². The van der Waals surface area contributed by atoms with Crippen LogP contribution in [-0.4, -0.2) is 19.1 Å². The Morgan fingerprint density at radius 2 is 0.852 bits per heavy atom. The van der Waals surface area contributed by atoms with Crippen molar-refractivity contribution in [1.29, 1.82) is 5.26 Å². The number of benzene rings is 7. The SMILES string of the molecule is N#Cc1c(-n2c3ccccc3c3ccc4c5ccccc5oc4c32)nc(-c2ccccc2)nc1-n1c2ccccc2c2ccc3c4ccccc4oc3c21. The molecule has 0 aliphatic carbocycles. The van der Waals surface area contributed by atoms with Crippen LogP contribution < -0.4 is 0 Å². The molecule has 250 valence electrons. The molecule has 12 rings (SSSR count). The molecule has 0 atom stereocenters. The molecule has 0 unspecified atom stereocenters. The van der Waals surface area contributed by atoms with Gasteiger partial charge in [0.05, 0.1) is 22.1 Å². The molecule has 0 amide bonds. The minimum Gasteiger partial charge on any atom is -0.454 e. The summed E-state index contributed by atoms with van der Waals surface area (Å²) in [5, 5.41) is 19.5. The Hall–Kier alpha value is -7.69. The van der Waals surface area contributed by atoms with Gasteiger partial charge in [0.2, 0.25) is 0 Å². The van der Waals surface area contributed by atoms with Gasteiger partial charge >= 0.3 is 0 Å². The summed E-state index contributed by atoms with van der Waals surface area (Å²) in [6.07, 6.45) is 0. The molecular formula is C47H25N5O2. The lowest BCUT2D eigenvalue weighted by molar-refractivity contribution is 0.671. The highest BCUT2D eigenvalue weighted by molar-refractivity contribution is 6.23. The summed E-state index contributed by atoms with van der Waals surface area (Å²) in [5.74, 6) is 1.41. The van der Waals surface area contributed by atoms with Crippen LogP contribution in [0.1, 0.15) is 5.56 Å². The van der Waals surface area contributed by atoms with E-state index in [1.54, 1.807) is 0 Å². The van der Waals surface area contributed by atoms with Crippen LogP contribution in [0.4, 0.5) is 0 Å². The Kier molecular flexibility index (Phi) is 5.72. The molecule has 0 aliphatic rings. The van der Waals surface area contributed by atoms with Crippen molar-refractivity contribution in [2.45, 2.75) is 0 Å². The number of rotatable bonds is 3. The monoisotopic (exact) mass is 691 g/mol. The van der Waals surface area contributed by atoms with Gasteiger partial charge in [0.25, 0.3) is 0 Å². The standard InChI is InChI=1S/C47H25N5O2/c48-26-36-46(51-37-18-8-4-14-28(37)32-22-24-34-30-16-6-10-20-39(30)53-43(34)41(32)51)49-45(27-12-2-1-3-13-27)50-47(36)52-38-19-9-5-15-29(38)33-23-25-35-31-17-7-11-21-40(31)54-44(35)42(33)52/h1-25H. The minimum absolute atomic E-state index is 0.321. The van der Waals surface area contributed by atoms with Crippen LogP contribution in [0.25, 0.3) is 111 Å². The molecular weight excluding hydrogens is 667 g/mol. The number of furan rings is 2. The summed E-state index contributed by atoms with van der Waals surface area (Å²) >= 11 is 0. The molecule has 7 heteroatoms.